The fourth-order valence-corrected chi connectivity index (χ4v) is 1.82. The van der Waals surface area contributed by atoms with Gasteiger partial charge in [-0.3, -0.25) is 4.79 Å². The smallest absolute Gasteiger partial charge is 0.224 e. The predicted molar refractivity (Wildman–Crippen MR) is 61.7 cm³/mol. The first-order valence-electron chi connectivity index (χ1n) is 5.82. The van der Waals surface area contributed by atoms with Crippen LogP contribution in [0.25, 0.3) is 0 Å². The minimum Gasteiger partial charge on any atom is -0.355 e. The molecule has 88 valence electrons. The normalized spacial score (nSPS) is 25.9. The highest BCUT2D eigenvalue weighted by molar-refractivity contribution is 5.79. The fraction of sp³-hybridized carbons (Fsp3) is 0.909. The van der Waals surface area contributed by atoms with Crippen molar-refractivity contribution < 1.29 is 4.79 Å². The highest BCUT2D eigenvalue weighted by Gasteiger charge is 2.28. The molecule has 0 aromatic heterocycles. The number of hydrogen-bond donors (Lipinski definition) is 2. The van der Waals surface area contributed by atoms with Crippen molar-refractivity contribution in [1.82, 2.24) is 15.5 Å². The largest absolute Gasteiger partial charge is 0.355 e. The van der Waals surface area contributed by atoms with E-state index >= 15 is 0 Å². The van der Waals surface area contributed by atoms with Crippen LogP contribution in [0.1, 0.15) is 13.8 Å². The summed E-state index contributed by atoms with van der Waals surface area (Å²) >= 11 is 0. The maximum atomic E-state index is 11.8. The summed E-state index contributed by atoms with van der Waals surface area (Å²) in [7, 11) is 2.06. The zero-order valence-electron chi connectivity index (χ0n) is 10.0. The van der Waals surface area contributed by atoms with E-state index in [0.29, 0.717) is 5.92 Å². The molecule has 4 heteroatoms. The molecule has 2 atom stereocenters. The van der Waals surface area contributed by atoms with Crippen molar-refractivity contribution in [2.24, 2.45) is 11.8 Å². The highest BCUT2D eigenvalue weighted by atomic mass is 16.1. The quantitative estimate of drug-likeness (QED) is 0.671. The van der Waals surface area contributed by atoms with Gasteiger partial charge in [-0.1, -0.05) is 13.8 Å². The SMILES string of the molecule is CCN(C)CCNC(=O)C1CNCC1C. The molecule has 0 radical (unpaired) electrons. The molecule has 4 nitrogen and oxygen atoms in total. The van der Waals surface area contributed by atoms with Crippen molar-refractivity contribution in [3.63, 3.8) is 0 Å². The van der Waals surface area contributed by atoms with E-state index in [-0.39, 0.29) is 11.8 Å². The van der Waals surface area contributed by atoms with E-state index < -0.39 is 0 Å². The Morgan fingerprint density at radius 1 is 1.53 bits per heavy atom. The van der Waals surface area contributed by atoms with Crippen LogP contribution in [-0.2, 0) is 4.79 Å². The number of nitrogens with one attached hydrogen (secondary N) is 2. The minimum atomic E-state index is 0.164. The van der Waals surface area contributed by atoms with Gasteiger partial charge in [-0.05, 0) is 26.1 Å². The number of carbonyl (C=O) groups is 1. The third kappa shape index (κ3) is 3.80. The van der Waals surface area contributed by atoms with Gasteiger partial charge in [-0.2, -0.15) is 0 Å². The third-order valence-electron chi connectivity index (χ3n) is 3.19. The summed E-state index contributed by atoms with van der Waals surface area (Å²) in [4.78, 5) is 13.9. The molecule has 2 N–H and O–H groups in total. The van der Waals surface area contributed by atoms with Crippen LogP contribution in [0, 0.1) is 11.8 Å². The molecule has 1 aliphatic heterocycles. The van der Waals surface area contributed by atoms with Gasteiger partial charge in [-0.25, -0.2) is 0 Å². The Balaban J connectivity index is 2.18. The van der Waals surface area contributed by atoms with Crippen LogP contribution in [0.4, 0.5) is 0 Å². The average Bonchev–Trinajstić information content (AvgIpc) is 2.64. The van der Waals surface area contributed by atoms with Crippen molar-refractivity contribution >= 4 is 5.91 Å². The first kappa shape index (κ1) is 12.5. The second kappa shape index (κ2) is 6.08. The van der Waals surface area contributed by atoms with Crippen molar-refractivity contribution in [2.45, 2.75) is 13.8 Å². The standard InChI is InChI=1S/C11H23N3O/c1-4-14(3)6-5-13-11(15)10-8-12-7-9(10)2/h9-10,12H,4-8H2,1-3H3,(H,13,15). The molecule has 0 bridgehead atoms. The molecule has 1 heterocycles. The summed E-state index contributed by atoms with van der Waals surface area (Å²) in [5.74, 6) is 0.836. The number of rotatable bonds is 5. The van der Waals surface area contributed by atoms with E-state index in [1.807, 2.05) is 0 Å². The maximum Gasteiger partial charge on any atom is 0.224 e. The van der Waals surface area contributed by atoms with Crippen LogP contribution in [0.15, 0.2) is 0 Å². The minimum absolute atomic E-state index is 0.164. The van der Waals surface area contributed by atoms with Gasteiger partial charge in [0.05, 0.1) is 5.92 Å². The van der Waals surface area contributed by atoms with E-state index in [1.165, 1.54) is 0 Å². The second-order valence-corrected chi connectivity index (χ2v) is 4.43. The van der Waals surface area contributed by atoms with Gasteiger partial charge >= 0.3 is 0 Å². The number of hydrogen-bond acceptors (Lipinski definition) is 3. The molecule has 1 fully saturated rings. The van der Waals surface area contributed by atoms with E-state index in [9.17, 15) is 4.79 Å². The number of amides is 1. The van der Waals surface area contributed by atoms with Gasteiger partial charge in [0.2, 0.25) is 5.91 Å². The Hall–Kier alpha value is -0.610. The van der Waals surface area contributed by atoms with Gasteiger partial charge in [-0.15, -0.1) is 0 Å². The molecular weight excluding hydrogens is 190 g/mol. The van der Waals surface area contributed by atoms with E-state index in [4.69, 9.17) is 0 Å². The number of likely N-dealkylation sites (N-methyl/N-ethyl adjacent to an activating group) is 1. The van der Waals surface area contributed by atoms with Gasteiger partial charge in [0.1, 0.15) is 0 Å². The van der Waals surface area contributed by atoms with Gasteiger partial charge < -0.3 is 15.5 Å². The van der Waals surface area contributed by atoms with E-state index in [1.54, 1.807) is 0 Å². The maximum absolute atomic E-state index is 11.8. The van der Waals surface area contributed by atoms with Crippen LogP contribution >= 0.6 is 0 Å². The summed E-state index contributed by atoms with van der Waals surface area (Å²) in [6.07, 6.45) is 0. The van der Waals surface area contributed by atoms with E-state index in [0.717, 1.165) is 32.7 Å². The fourth-order valence-electron chi connectivity index (χ4n) is 1.82. The first-order chi connectivity index (χ1) is 7.15. The average molecular weight is 213 g/mol. The predicted octanol–water partition coefficient (Wildman–Crippen LogP) is -0.0902. The summed E-state index contributed by atoms with van der Waals surface area (Å²) in [5, 5.41) is 6.24. The molecule has 0 aromatic carbocycles. The van der Waals surface area contributed by atoms with Crippen molar-refractivity contribution in [1.29, 1.82) is 0 Å². The van der Waals surface area contributed by atoms with Gasteiger partial charge in [0.15, 0.2) is 0 Å². The van der Waals surface area contributed by atoms with Gasteiger partial charge in [0.25, 0.3) is 0 Å². The lowest BCUT2D eigenvalue weighted by Crippen LogP contribution is -2.38. The Bertz CT molecular complexity index is 208. The topological polar surface area (TPSA) is 44.4 Å². The summed E-state index contributed by atoms with van der Waals surface area (Å²) < 4.78 is 0. The zero-order valence-corrected chi connectivity index (χ0v) is 10.0. The Morgan fingerprint density at radius 3 is 2.80 bits per heavy atom. The van der Waals surface area contributed by atoms with Crippen LogP contribution < -0.4 is 10.6 Å². The lowest BCUT2D eigenvalue weighted by molar-refractivity contribution is -0.125. The van der Waals surface area contributed by atoms with Crippen molar-refractivity contribution in [3.05, 3.63) is 0 Å². The molecule has 0 aromatic rings. The van der Waals surface area contributed by atoms with Crippen LogP contribution in [0.5, 0.6) is 0 Å². The summed E-state index contributed by atoms with van der Waals surface area (Å²) in [6, 6.07) is 0. The molecular formula is C11H23N3O. The van der Waals surface area contributed by atoms with Gasteiger partial charge in [0, 0.05) is 19.6 Å². The lowest BCUT2D eigenvalue weighted by Gasteiger charge is -2.17. The monoisotopic (exact) mass is 213 g/mol. The van der Waals surface area contributed by atoms with Crippen LogP contribution in [0.2, 0.25) is 0 Å². The van der Waals surface area contributed by atoms with Crippen molar-refractivity contribution in [2.75, 3.05) is 39.8 Å². The molecule has 15 heavy (non-hydrogen) atoms. The highest BCUT2D eigenvalue weighted by Crippen LogP contribution is 2.15. The molecule has 1 amide bonds. The molecule has 2 unspecified atom stereocenters. The molecule has 0 spiro atoms. The molecule has 1 rings (SSSR count). The number of nitrogens with zero attached hydrogens (tertiary/aromatic N) is 1. The first-order valence-corrected chi connectivity index (χ1v) is 5.82. The molecule has 1 aliphatic rings. The Labute approximate surface area is 92.4 Å². The zero-order chi connectivity index (χ0) is 11.3. The Morgan fingerprint density at radius 2 is 2.27 bits per heavy atom. The molecule has 1 saturated heterocycles. The summed E-state index contributed by atoms with van der Waals surface area (Å²) in [6.45, 7) is 8.75. The van der Waals surface area contributed by atoms with E-state index in [2.05, 4.69) is 36.4 Å². The lowest BCUT2D eigenvalue weighted by atomic mass is 9.97. The molecule has 0 saturated carbocycles. The third-order valence-corrected chi connectivity index (χ3v) is 3.19. The van der Waals surface area contributed by atoms with Crippen molar-refractivity contribution in [3.8, 4) is 0 Å². The second-order valence-electron chi connectivity index (χ2n) is 4.43. The van der Waals surface area contributed by atoms with Crippen LogP contribution in [0.3, 0.4) is 0 Å². The van der Waals surface area contributed by atoms with Crippen LogP contribution in [-0.4, -0.2) is 50.6 Å². The number of carbonyl (C=O) groups excluding carboxylic acids is 1. The Kier molecular flexibility index (Phi) is 5.05. The molecule has 0 aliphatic carbocycles. The summed E-state index contributed by atoms with van der Waals surface area (Å²) in [5.41, 5.74) is 0.